The van der Waals surface area contributed by atoms with Crippen molar-refractivity contribution in [2.45, 2.75) is 37.5 Å². The van der Waals surface area contributed by atoms with Crippen molar-refractivity contribution >= 4 is 15.5 Å². The lowest BCUT2D eigenvalue weighted by Gasteiger charge is -2.21. The van der Waals surface area contributed by atoms with E-state index < -0.39 is 9.84 Å². The predicted octanol–water partition coefficient (Wildman–Crippen LogP) is 0.698. The van der Waals surface area contributed by atoms with Crippen molar-refractivity contribution < 1.29 is 8.42 Å². The molecule has 2 N–H and O–H groups in total. The lowest BCUT2D eigenvalue weighted by molar-refractivity contribution is 0.533. The van der Waals surface area contributed by atoms with Crippen LogP contribution in [-0.4, -0.2) is 34.0 Å². The summed E-state index contributed by atoms with van der Waals surface area (Å²) >= 11 is 0. The van der Waals surface area contributed by atoms with Gasteiger partial charge in [-0.15, -0.1) is 10.2 Å². The van der Waals surface area contributed by atoms with Crippen molar-refractivity contribution in [2.24, 2.45) is 5.73 Å². The van der Waals surface area contributed by atoms with Gasteiger partial charge in [-0.3, -0.25) is 4.40 Å². The number of hydrogen-bond acceptors (Lipinski definition) is 5. The third kappa shape index (κ3) is 2.43. The lowest BCUT2D eigenvalue weighted by atomic mass is 10.1. The average molecular weight is 294 g/mol. The van der Waals surface area contributed by atoms with E-state index in [9.17, 15) is 8.42 Å². The van der Waals surface area contributed by atoms with Gasteiger partial charge >= 0.3 is 0 Å². The largest absolute Gasteiger partial charge is 0.326 e. The number of aromatic nitrogens is 3. The van der Waals surface area contributed by atoms with Gasteiger partial charge in [-0.05, 0) is 24.5 Å². The summed E-state index contributed by atoms with van der Waals surface area (Å²) in [6.07, 6.45) is 4.77. The molecule has 0 aliphatic carbocycles. The van der Waals surface area contributed by atoms with E-state index in [4.69, 9.17) is 5.73 Å². The molecule has 2 aromatic rings. The summed E-state index contributed by atoms with van der Waals surface area (Å²) in [5, 5.41) is 7.89. The maximum absolute atomic E-state index is 12.1. The highest BCUT2D eigenvalue weighted by Crippen LogP contribution is 2.22. The quantitative estimate of drug-likeness (QED) is 0.899. The van der Waals surface area contributed by atoms with Gasteiger partial charge in [0, 0.05) is 19.2 Å². The molecule has 1 saturated heterocycles. The predicted molar refractivity (Wildman–Crippen MR) is 76.0 cm³/mol. The monoisotopic (exact) mass is 294 g/mol. The van der Waals surface area contributed by atoms with Gasteiger partial charge < -0.3 is 5.73 Å². The molecule has 1 unspecified atom stereocenters. The normalized spacial score (nSPS) is 22.1. The Bertz CT molecular complexity index is 723. The van der Waals surface area contributed by atoms with Gasteiger partial charge in [0.05, 0.1) is 11.0 Å². The number of pyridine rings is 1. The summed E-state index contributed by atoms with van der Waals surface area (Å²) in [4.78, 5) is 0. The van der Waals surface area contributed by atoms with Gasteiger partial charge in [-0.2, -0.15) is 0 Å². The molecule has 1 aliphatic rings. The van der Waals surface area contributed by atoms with Crippen LogP contribution in [0.25, 0.3) is 5.65 Å². The number of rotatable bonds is 3. The minimum absolute atomic E-state index is 0.294. The highest BCUT2D eigenvalue weighted by Gasteiger charge is 2.30. The molecule has 7 heteroatoms. The van der Waals surface area contributed by atoms with Gasteiger partial charge in [-0.1, -0.05) is 12.5 Å². The first-order valence-electron chi connectivity index (χ1n) is 6.84. The highest BCUT2D eigenvalue weighted by molar-refractivity contribution is 7.92. The summed E-state index contributed by atoms with van der Waals surface area (Å²) in [5.41, 5.74) is 7.34. The first kappa shape index (κ1) is 13.5. The Balaban J connectivity index is 1.94. The molecular formula is C13H18N4O2S. The first-order chi connectivity index (χ1) is 9.60. The van der Waals surface area contributed by atoms with Crippen LogP contribution in [0.15, 0.2) is 18.3 Å². The topological polar surface area (TPSA) is 90.3 Å². The summed E-state index contributed by atoms with van der Waals surface area (Å²) in [7, 11) is -2.99. The van der Waals surface area contributed by atoms with E-state index in [2.05, 4.69) is 10.2 Å². The Morgan fingerprint density at radius 1 is 1.30 bits per heavy atom. The molecule has 1 fully saturated rings. The van der Waals surface area contributed by atoms with E-state index in [1.54, 1.807) is 0 Å². The van der Waals surface area contributed by atoms with Gasteiger partial charge in [0.2, 0.25) is 0 Å². The molecule has 3 heterocycles. The van der Waals surface area contributed by atoms with Crippen molar-refractivity contribution in [3.63, 3.8) is 0 Å². The van der Waals surface area contributed by atoms with Crippen LogP contribution in [0.3, 0.4) is 0 Å². The van der Waals surface area contributed by atoms with E-state index in [0.717, 1.165) is 24.1 Å². The average Bonchev–Trinajstić information content (AvgIpc) is 2.83. The van der Waals surface area contributed by atoms with Gasteiger partial charge in [-0.25, -0.2) is 8.42 Å². The van der Waals surface area contributed by atoms with Gasteiger partial charge in [0.1, 0.15) is 5.82 Å². The maximum atomic E-state index is 12.1. The van der Waals surface area contributed by atoms with E-state index >= 15 is 0 Å². The zero-order chi connectivity index (χ0) is 14.2. The lowest BCUT2D eigenvalue weighted by Crippen LogP contribution is -2.30. The fourth-order valence-corrected chi connectivity index (χ4v) is 4.56. The van der Waals surface area contributed by atoms with E-state index in [0.29, 0.717) is 31.0 Å². The van der Waals surface area contributed by atoms with Crippen LogP contribution in [0.4, 0.5) is 0 Å². The van der Waals surface area contributed by atoms with Crippen LogP contribution in [0.2, 0.25) is 0 Å². The molecule has 6 nitrogen and oxygen atoms in total. The van der Waals surface area contributed by atoms with Crippen LogP contribution in [-0.2, 0) is 22.8 Å². The van der Waals surface area contributed by atoms with Crippen LogP contribution in [0.1, 0.15) is 30.7 Å². The van der Waals surface area contributed by atoms with Crippen LogP contribution in [0.5, 0.6) is 0 Å². The summed E-state index contributed by atoms with van der Waals surface area (Å²) in [6, 6.07) is 3.76. The Hall–Kier alpha value is -1.47. The smallest absolute Gasteiger partial charge is 0.160 e. The van der Waals surface area contributed by atoms with E-state index in [1.165, 1.54) is 0 Å². The van der Waals surface area contributed by atoms with Crippen molar-refractivity contribution in [3.05, 3.63) is 29.7 Å². The zero-order valence-corrected chi connectivity index (χ0v) is 12.0. The van der Waals surface area contributed by atoms with Crippen LogP contribution < -0.4 is 5.73 Å². The zero-order valence-electron chi connectivity index (χ0n) is 11.2. The molecule has 0 amide bonds. The Morgan fingerprint density at radius 3 is 2.90 bits per heavy atom. The summed E-state index contributed by atoms with van der Waals surface area (Å²) in [5.74, 6) is 0.994. The molecular weight excluding hydrogens is 276 g/mol. The van der Waals surface area contributed by atoms with Crippen LogP contribution >= 0.6 is 0 Å². The Kier molecular flexibility index (Phi) is 3.47. The van der Waals surface area contributed by atoms with E-state index in [-0.39, 0.29) is 5.25 Å². The third-order valence-electron chi connectivity index (χ3n) is 3.89. The van der Waals surface area contributed by atoms with E-state index in [1.807, 2.05) is 22.7 Å². The number of nitrogens with zero attached hydrogens (tertiary/aromatic N) is 3. The highest BCUT2D eigenvalue weighted by atomic mass is 32.2. The summed E-state index contributed by atoms with van der Waals surface area (Å²) < 4.78 is 26.0. The molecule has 0 bridgehead atoms. The minimum Gasteiger partial charge on any atom is -0.326 e. The third-order valence-corrected chi connectivity index (χ3v) is 6.17. The fourth-order valence-electron chi connectivity index (χ4n) is 2.70. The number of nitrogens with two attached hydrogens (primary N) is 1. The van der Waals surface area contributed by atoms with Crippen LogP contribution in [0, 0.1) is 0 Å². The SMILES string of the molecule is NCc1ccc2nnc(CC3CCCCS3(=O)=O)n2c1. The number of hydrogen-bond donors (Lipinski definition) is 1. The first-order valence-corrected chi connectivity index (χ1v) is 8.56. The van der Waals surface area contributed by atoms with Gasteiger partial charge in [0.15, 0.2) is 15.5 Å². The summed E-state index contributed by atoms with van der Waals surface area (Å²) in [6.45, 7) is 0.440. The second-order valence-corrected chi connectivity index (χ2v) is 7.68. The molecule has 3 rings (SSSR count). The Morgan fingerprint density at radius 2 is 2.15 bits per heavy atom. The van der Waals surface area contributed by atoms with Crippen molar-refractivity contribution in [1.29, 1.82) is 0 Å². The molecule has 108 valence electrons. The Labute approximate surface area is 117 Å². The second-order valence-electron chi connectivity index (χ2n) is 5.27. The maximum Gasteiger partial charge on any atom is 0.160 e. The molecule has 2 aromatic heterocycles. The fraction of sp³-hybridized carbons (Fsp3) is 0.538. The molecule has 0 spiro atoms. The van der Waals surface area contributed by atoms with Crippen molar-refractivity contribution in [3.8, 4) is 0 Å². The molecule has 0 aromatic carbocycles. The molecule has 0 saturated carbocycles. The number of sulfone groups is 1. The number of fused-ring (bicyclic) bond motifs is 1. The minimum atomic E-state index is -2.99. The standard InChI is InChI=1S/C13H18N4O2S/c14-8-10-4-5-12-15-16-13(17(12)9-10)7-11-3-1-2-6-20(11,18)19/h4-5,9,11H,1-3,6-8,14H2. The molecule has 1 atom stereocenters. The van der Waals surface area contributed by atoms with Crippen molar-refractivity contribution in [1.82, 2.24) is 14.6 Å². The molecule has 20 heavy (non-hydrogen) atoms. The molecule has 1 aliphatic heterocycles. The van der Waals surface area contributed by atoms with Gasteiger partial charge in [0.25, 0.3) is 0 Å². The second kappa shape index (κ2) is 5.14. The molecule has 0 radical (unpaired) electrons. The van der Waals surface area contributed by atoms with Crippen molar-refractivity contribution in [2.75, 3.05) is 5.75 Å².